The molecule has 1 N–H and O–H groups in total. The molecule has 0 saturated heterocycles. The van der Waals surface area contributed by atoms with Gasteiger partial charge in [0.2, 0.25) is 5.91 Å². The van der Waals surface area contributed by atoms with Gasteiger partial charge in [-0.25, -0.2) is 0 Å². The summed E-state index contributed by atoms with van der Waals surface area (Å²) in [7, 11) is 0. The van der Waals surface area contributed by atoms with Crippen LogP contribution in [0.5, 0.6) is 0 Å². The number of hydrogen-bond donors (Lipinski definition) is 1. The second kappa shape index (κ2) is 7.31. The first-order valence-corrected chi connectivity index (χ1v) is 9.30. The van der Waals surface area contributed by atoms with Crippen molar-refractivity contribution in [1.82, 2.24) is 0 Å². The standard InChI is InChI=1S/C20H24N2OS/c1-14-7-6-8-17(16(14)3)21-13-20(23)22-12-11-15(2)24-19-10-5-4-9-18(19)22/h4-10,15,21H,11-13H2,1-3H3. The topological polar surface area (TPSA) is 32.3 Å². The van der Waals surface area contributed by atoms with Crippen molar-refractivity contribution < 1.29 is 4.79 Å². The van der Waals surface area contributed by atoms with E-state index < -0.39 is 0 Å². The molecule has 1 heterocycles. The van der Waals surface area contributed by atoms with Gasteiger partial charge in [0.05, 0.1) is 12.2 Å². The summed E-state index contributed by atoms with van der Waals surface area (Å²) in [5.74, 6) is 0.123. The Morgan fingerprint density at radius 2 is 2.00 bits per heavy atom. The van der Waals surface area contributed by atoms with Crippen LogP contribution in [-0.2, 0) is 4.79 Å². The van der Waals surface area contributed by atoms with E-state index in [-0.39, 0.29) is 5.91 Å². The Kier molecular flexibility index (Phi) is 5.14. The van der Waals surface area contributed by atoms with Gasteiger partial charge in [-0.1, -0.05) is 31.2 Å². The minimum absolute atomic E-state index is 0.123. The lowest BCUT2D eigenvalue weighted by Crippen LogP contribution is -2.36. The first-order chi connectivity index (χ1) is 11.6. The first kappa shape index (κ1) is 16.9. The Balaban J connectivity index is 1.76. The van der Waals surface area contributed by atoms with Crippen molar-refractivity contribution in [3.63, 3.8) is 0 Å². The molecule has 4 heteroatoms. The molecule has 0 bridgehead atoms. The number of benzene rings is 2. The van der Waals surface area contributed by atoms with Crippen LogP contribution in [0.1, 0.15) is 24.5 Å². The van der Waals surface area contributed by atoms with Gasteiger partial charge in [-0.3, -0.25) is 4.79 Å². The summed E-state index contributed by atoms with van der Waals surface area (Å²) in [4.78, 5) is 16.0. The molecule has 0 radical (unpaired) electrons. The minimum Gasteiger partial charge on any atom is -0.376 e. The molecule has 1 unspecified atom stereocenters. The maximum atomic E-state index is 12.8. The third kappa shape index (κ3) is 3.59. The summed E-state index contributed by atoms with van der Waals surface area (Å²) in [5.41, 5.74) is 4.51. The number of thioether (sulfide) groups is 1. The van der Waals surface area contributed by atoms with Crippen molar-refractivity contribution in [2.24, 2.45) is 0 Å². The van der Waals surface area contributed by atoms with Gasteiger partial charge in [-0.2, -0.15) is 0 Å². The molecule has 0 aliphatic carbocycles. The van der Waals surface area contributed by atoms with Gasteiger partial charge in [0.15, 0.2) is 0 Å². The third-order valence-electron chi connectivity index (χ3n) is 4.58. The van der Waals surface area contributed by atoms with Crippen molar-refractivity contribution in [2.75, 3.05) is 23.3 Å². The van der Waals surface area contributed by atoms with Gasteiger partial charge >= 0.3 is 0 Å². The van der Waals surface area contributed by atoms with Crippen molar-refractivity contribution >= 4 is 29.0 Å². The van der Waals surface area contributed by atoms with E-state index in [1.807, 2.05) is 40.9 Å². The lowest BCUT2D eigenvalue weighted by molar-refractivity contribution is -0.117. The van der Waals surface area contributed by atoms with E-state index in [9.17, 15) is 4.79 Å². The highest BCUT2D eigenvalue weighted by Gasteiger charge is 2.23. The van der Waals surface area contributed by atoms with Crippen LogP contribution >= 0.6 is 11.8 Å². The average Bonchev–Trinajstić information content (AvgIpc) is 2.74. The minimum atomic E-state index is 0.123. The molecule has 2 aromatic rings. The number of fused-ring (bicyclic) bond motifs is 1. The summed E-state index contributed by atoms with van der Waals surface area (Å²) < 4.78 is 0. The lowest BCUT2D eigenvalue weighted by Gasteiger charge is -2.23. The monoisotopic (exact) mass is 340 g/mol. The number of anilines is 2. The maximum Gasteiger partial charge on any atom is 0.246 e. The summed E-state index contributed by atoms with van der Waals surface area (Å²) in [5, 5.41) is 3.84. The van der Waals surface area contributed by atoms with E-state index in [4.69, 9.17) is 0 Å². The zero-order valence-electron chi connectivity index (χ0n) is 14.5. The molecule has 0 spiro atoms. The molecule has 0 fully saturated rings. The predicted molar refractivity (Wildman–Crippen MR) is 103 cm³/mol. The Labute approximate surface area is 148 Å². The van der Waals surface area contributed by atoms with Gasteiger partial charge in [0, 0.05) is 22.4 Å². The second-order valence-electron chi connectivity index (χ2n) is 6.33. The fourth-order valence-electron chi connectivity index (χ4n) is 2.95. The van der Waals surface area contributed by atoms with E-state index in [0.29, 0.717) is 11.8 Å². The van der Waals surface area contributed by atoms with E-state index in [1.165, 1.54) is 16.0 Å². The SMILES string of the molecule is Cc1cccc(NCC(=O)N2CCC(C)Sc3ccccc32)c1C. The first-order valence-electron chi connectivity index (χ1n) is 8.42. The highest BCUT2D eigenvalue weighted by molar-refractivity contribution is 8.00. The Morgan fingerprint density at radius 1 is 1.21 bits per heavy atom. The van der Waals surface area contributed by atoms with Gasteiger partial charge in [-0.05, 0) is 49.6 Å². The van der Waals surface area contributed by atoms with Crippen LogP contribution in [0.2, 0.25) is 0 Å². The van der Waals surface area contributed by atoms with Crippen molar-refractivity contribution in [1.29, 1.82) is 0 Å². The number of hydrogen-bond acceptors (Lipinski definition) is 3. The third-order valence-corrected chi connectivity index (χ3v) is 5.82. The quantitative estimate of drug-likeness (QED) is 0.884. The van der Waals surface area contributed by atoms with Gasteiger partial charge in [0.25, 0.3) is 0 Å². The molecule has 1 amide bonds. The molecular formula is C20H24N2OS. The van der Waals surface area contributed by atoms with Crippen LogP contribution in [-0.4, -0.2) is 24.2 Å². The molecule has 24 heavy (non-hydrogen) atoms. The van der Waals surface area contributed by atoms with Crippen LogP contribution in [0.15, 0.2) is 47.4 Å². The number of carbonyl (C=O) groups excluding carboxylic acids is 1. The molecule has 2 aromatic carbocycles. The maximum absolute atomic E-state index is 12.8. The van der Waals surface area contributed by atoms with E-state index >= 15 is 0 Å². The van der Waals surface area contributed by atoms with Crippen LogP contribution in [0.3, 0.4) is 0 Å². The summed E-state index contributed by atoms with van der Waals surface area (Å²) in [6.07, 6.45) is 1.01. The zero-order valence-corrected chi connectivity index (χ0v) is 15.3. The summed E-state index contributed by atoms with van der Waals surface area (Å²) in [6, 6.07) is 14.4. The van der Waals surface area contributed by atoms with E-state index in [1.54, 1.807) is 0 Å². The lowest BCUT2D eigenvalue weighted by atomic mass is 10.1. The Hall–Kier alpha value is -1.94. The molecule has 3 rings (SSSR count). The van der Waals surface area contributed by atoms with Gasteiger partial charge < -0.3 is 10.2 Å². The summed E-state index contributed by atoms with van der Waals surface area (Å²) in [6.45, 7) is 7.49. The van der Waals surface area contributed by atoms with E-state index in [2.05, 4.69) is 44.3 Å². The molecule has 1 aliphatic heterocycles. The molecular weight excluding hydrogens is 316 g/mol. The highest BCUT2D eigenvalue weighted by Crippen LogP contribution is 2.37. The van der Waals surface area contributed by atoms with Crippen molar-refractivity contribution in [2.45, 2.75) is 37.3 Å². The normalized spacial score (nSPS) is 17.1. The molecule has 1 aliphatic rings. The number of nitrogens with zero attached hydrogens (tertiary/aromatic N) is 1. The van der Waals surface area contributed by atoms with Crippen LogP contribution < -0.4 is 10.2 Å². The predicted octanol–water partition coefficient (Wildman–Crippen LogP) is 4.63. The number of nitrogens with one attached hydrogen (secondary N) is 1. The van der Waals surface area contributed by atoms with Crippen molar-refractivity contribution in [3.05, 3.63) is 53.6 Å². The Bertz CT molecular complexity index is 744. The molecule has 0 saturated carbocycles. The number of carbonyl (C=O) groups is 1. The molecule has 126 valence electrons. The molecule has 0 aromatic heterocycles. The number of para-hydroxylation sites is 1. The van der Waals surface area contributed by atoms with E-state index in [0.717, 1.165) is 24.3 Å². The fraction of sp³-hybridized carbons (Fsp3) is 0.350. The smallest absolute Gasteiger partial charge is 0.246 e. The van der Waals surface area contributed by atoms with Crippen LogP contribution in [0, 0.1) is 13.8 Å². The highest BCUT2D eigenvalue weighted by atomic mass is 32.2. The second-order valence-corrected chi connectivity index (χ2v) is 7.81. The molecule has 3 nitrogen and oxygen atoms in total. The van der Waals surface area contributed by atoms with Crippen molar-refractivity contribution in [3.8, 4) is 0 Å². The Morgan fingerprint density at radius 3 is 2.83 bits per heavy atom. The van der Waals surface area contributed by atoms with Gasteiger partial charge in [0.1, 0.15) is 0 Å². The van der Waals surface area contributed by atoms with Crippen LogP contribution in [0.25, 0.3) is 0 Å². The average molecular weight is 340 g/mol. The van der Waals surface area contributed by atoms with Gasteiger partial charge in [-0.15, -0.1) is 11.8 Å². The molecule has 1 atom stereocenters. The largest absolute Gasteiger partial charge is 0.376 e. The fourth-order valence-corrected chi connectivity index (χ4v) is 4.07. The number of aryl methyl sites for hydroxylation is 1. The summed E-state index contributed by atoms with van der Waals surface area (Å²) >= 11 is 1.86. The number of rotatable bonds is 3. The number of amides is 1. The van der Waals surface area contributed by atoms with Crippen LogP contribution in [0.4, 0.5) is 11.4 Å². The zero-order chi connectivity index (χ0) is 17.1.